The number of halogens is 3. The Morgan fingerprint density at radius 3 is 2.46 bits per heavy atom. The molecule has 1 fully saturated rings. The largest absolute Gasteiger partial charge is 0.486 e. The zero-order valence-corrected chi connectivity index (χ0v) is 22.0. The highest BCUT2D eigenvalue weighted by Crippen LogP contribution is 2.43. The number of aromatic nitrogens is 1. The number of fused-ring (bicyclic) bond motifs is 1. The molecule has 1 aromatic heterocycles. The van der Waals surface area contributed by atoms with E-state index in [9.17, 15) is 18.0 Å². The smallest absolute Gasteiger partial charge is 0.416 e. The van der Waals surface area contributed by atoms with E-state index in [1.165, 1.54) is 19.4 Å². The first kappa shape index (κ1) is 27.2. The van der Waals surface area contributed by atoms with Gasteiger partial charge in [0.1, 0.15) is 18.1 Å². The minimum Gasteiger partial charge on any atom is -0.486 e. The van der Waals surface area contributed by atoms with E-state index in [0.29, 0.717) is 36.4 Å². The molecule has 0 spiro atoms. The fourth-order valence-corrected chi connectivity index (χ4v) is 5.81. The van der Waals surface area contributed by atoms with Crippen LogP contribution in [0.1, 0.15) is 84.1 Å². The predicted molar refractivity (Wildman–Crippen MR) is 138 cm³/mol. The third kappa shape index (κ3) is 6.30. The number of esters is 1. The summed E-state index contributed by atoms with van der Waals surface area (Å²) in [6, 6.07) is 11.9. The van der Waals surface area contributed by atoms with Gasteiger partial charge >= 0.3 is 12.1 Å². The molecule has 5 rings (SSSR count). The Hall–Kier alpha value is -3.33. The SMILES string of the molecule is COC(=O)C[C@@H](c1ccc(O[C@@H]2CCc3c2ccc(C(F)(F)F)c3CN2CCCCCC2)cc1)c1ccon1. The molecule has 0 radical (unpaired) electrons. The Morgan fingerprint density at radius 1 is 1.08 bits per heavy atom. The fourth-order valence-electron chi connectivity index (χ4n) is 5.81. The number of carbonyl (C=O) groups excluding carboxylic acids is 1. The normalized spacial score (nSPS) is 18.8. The molecule has 1 saturated heterocycles. The molecule has 6 nitrogen and oxygen atoms in total. The summed E-state index contributed by atoms with van der Waals surface area (Å²) in [7, 11) is 1.34. The molecule has 1 aliphatic carbocycles. The van der Waals surface area contributed by atoms with E-state index < -0.39 is 11.7 Å². The molecule has 0 bridgehead atoms. The lowest BCUT2D eigenvalue weighted by Gasteiger charge is -2.25. The fraction of sp³-hybridized carbons (Fsp3) is 0.467. The summed E-state index contributed by atoms with van der Waals surface area (Å²) in [5.41, 5.74) is 2.96. The molecule has 2 aromatic carbocycles. The van der Waals surface area contributed by atoms with Gasteiger partial charge in [0.15, 0.2) is 0 Å². The Morgan fingerprint density at radius 2 is 1.82 bits per heavy atom. The van der Waals surface area contributed by atoms with Gasteiger partial charge in [-0.1, -0.05) is 36.2 Å². The molecule has 0 saturated carbocycles. The number of nitrogens with zero attached hydrogens (tertiary/aromatic N) is 2. The molecule has 0 amide bonds. The van der Waals surface area contributed by atoms with Crippen LogP contribution >= 0.6 is 0 Å². The molecule has 39 heavy (non-hydrogen) atoms. The lowest BCUT2D eigenvalue weighted by Crippen LogP contribution is -2.26. The van der Waals surface area contributed by atoms with Crippen LogP contribution in [-0.2, 0) is 28.7 Å². The Labute approximate surface area is 226 Å². The number of ether oxygens (including phenoxy) is 2. The monoisotopic (exact) mass is 542 g/mol. The van der Waals surface area contributed by atoms with Crippen LogP contribution in [-0.4, -0.2) is 36.2 Å². The summed E-state index contributed by atoms with van der Waals surface area (Å²) in [6.07, 6.45) is 2.34. The van der Waals surface area contributed by atoms with Crippen molar-refractivity contribution in [1.29, 1.82) is 0 Å². The molecular formula is C30H33F3N2O4. The van der Waals surface area contributed by atoms with E-state index in [4.69, 9.17) is 14.0 Å². The number of rotatable bonds is 8. The lowest BCUT2D eigenvalue weighted by atomic mass is 9.92. The summed E-state index contributed by atoms with van der Waals surface area (Å²) < 4.78 is 58.2. The van der Waals surface area contributed by atoms with Crippen molar-refractivity contribution in [2.24, 2.45) is 0 Å². The summed E-state index contributed by atoms with van der Waals surface area (Å²) in [5.74, 6) is -0.0811. The zero-order chi connectivity index (χ0) is 27.4. The van der Waals surface area contributed by atoms with E-state index >= 15 is 0 Å². The predicted octanol–water partition coefficient (Wildman–Crippen LogP) is 6.83. The molecule has 0 unspecified atom stereocenters. The van der Waals surface area contributed by atoms with Crippen LogP contribution in [0.5, 0.6) is 5.75 Å². The van der Waals surface area contributed by atoms with Crippen molar-refractivity contribution < 1.29 is 32.0 Å². The average molecular weight is 543 g/mol. The van der Waals surface area contributed by atoms with Crippen LogP contribution in [0.15, 0.2) is 53.3 Å². The van der Waals surface area contributed by atoms with Crippen LogP contribution < -0.4 is 4.74 Å². The zero-order valence-electron chi connectivity index (χ0n) is 22.0. The quantitative estimate of drug-likeness (QED) is 0.291. The van der Waals surface area contributed by atoms with Crippen molar-refractivity contribution in [2.45, 2.75) is 69.7 Å². The molecule has 1 aliphatic heterocycles. The maximum Gasteiger partial charge on any atom is 0.416 e. The van der Waals surface area contributed by atoms with E-state index in [0.717, 1.165) is 55.5 Å². The standard InChI is InChI=1S/C30H33F3N2O4/c1-37-29(36)18-24(27-14-17-38-34-27)20-6-8-21(9-7-20)39-28-13-11-22-23(28)10-12-26(30(31,32)33)25(22)19-35-15-4-2-3-5-16-35/h6-10,12,14,17,24,28H,2-5,11,13,15-16,18-19H2,1H3/t24-,28+/m0/s1. The van der Waals surface area contributed by atoms with E-state index in [1.807, 2.05) is 24.3 Å². The Bertz CT molecular complexity index is 1250. The first-order valence-electron chi connectivity index (χ1n) is 13.5. The molecule has 2 heterocycles. The van der Waals surface area contributed by atoms with Gasteiger partial charge in [-0.05, 0) is 79.2 Å². The molecule has 2 aliphatic rings. The van der Waals surface area contributed by atoms with Crippen LogP contribution in [0.4, 0.5) is 13.2 Å². The summed E-state index contributed by atoms with van der Waals surface area (Å²) in [4.78, 5) is 14.2. The number of hydrogen-bond acceptors (Lipinski definition) is 6. The van der Waals surface area contributed by atoms with Crippen LogP contribution in [0.25, 0.3) is 0 Å². The maximum absolute atomic E-state index is 14.0. The van der Waals surface area contributed by atoms with E-state index in [1.54, 1.807) is 12.1 Å². The van der Waals surface area contributed by atoms with Gasteiger partial charge in [-0.3, -0.25) is 9.69 Å². The van der Waals surface area contributed by atoms with Crippen molar-refractivity contribution >= 4 is 5.97 Å². The third-order valence-corrected chi connectivity index (χ3v) is 7.83. The van der Waals surface area contributed by atoms with E-state index in [2.05, 4.69) is 10.1 Å². The van der Waals surface area contributed by atoms with Gasteiger partial charge in [0.2, 0.25) is 0 Å². The van der Waals surface area contributed by atoms with E-state index in [-0.39, 0.29) is 24.4 Å². The lowest BCUT2D eigenvalue weighted by molar-refractivity contribution is -0.141. The highest BCUT2D eigenvalue weighted by Gasteiger charge is 2.38. The Balaban J connectivity index is 1.36. The minimum absolute atomic E-state index is 0.112. The van der Waals surface area contributed by atoms with Crippen molar-refractivity contribution in [1.82, 2.24) is 10.1 Å². The number of likely N-dealkylation sites (tertiary alicyclic amines) is 1. The third-order valence-electron chi connectivity index (χ3n) is 7.83. The second-order valence-electron chi connectivity index (χ2n) is 10.3. The molecule has 0 N–H and O–H groups in total. The second kappa shape index (κ2) is 11.8. The Kier molecular flexibility index (Phi) is 8.26. The van der Waals surface area contributed by atoms with Crippen LogP contribution in [0, 0.1) is 0 Å². The molecule has 2 atom stereocenters. The number of benzene rings is 2. The molecule has 208 valence electrons. The first-order valence-corrected chi connectivity index (χ1v) is 13.5. The van der Waals surface area contributed by atoms with Gasteiger partial charge in [-0.2, -0.15) is 13.2 Å². The minimum atomic E-state index is -4.39. The maximum atomic E-state index is 14.0. The van der Waals surface area contributed by atoms with Gasteiger partial charge in [0, 0.05) is 18.5 Å². The van der Waals surface area contributed by atoms with Gasteiger partial charge in [-0.15, -0.1) is 0 Å². The van der Waals surface area contributed by atoms with Gasteiger partial charge in [0.05, 0.1) is 24.8 Å². The molecule has 3 aromatic rings. The van der Waals surface area contributed by atoms with Gasteiger partial charge in [-0.25, -0.2) is 0 Å². The number of carbonyl (C=O) groups is 1. The molecular weight excluding hydrogens is 509 g/mol. The highest BCUT2D eigenvalue weighted by molar-refractivity contribution is 5.71. The topological polar surface area (TPSA) is 64.8 Å². The summed E-state index contributed by atoms with van der Waals surface area (Å²) in [6.45, 7) is 1.99. The number of hydrogen-bond donors (Lipinski definition) is 0. The average Bonchev–Trinajstić information content (AvgIpc) is 3.52. The first-order chi connectivity index (χ1) is 18.8. The van der Waals surface area contributed by atoms with Crippen molar-refractivity contribution in [3.05, 3.63) is 82.2 Å². The van der Waals surface area contributed by atoms with Crippen LogP contribution in [0.2, 0.25) is 0 Å². The van der Waals surface area contributed by atoms with Crippen molar-refractivity contribution in [3.63, 3.8) is 0 Å². The van der Waals surface area contributed by atoms with Crippen molar-refractivity contribution in [2.75, 3.05) is 20.2 Å². The van der Waals surface area contributed by atoms with Gasteiger partial charge < -0.3 is 14.0 Å². The number of methoxy groups -OCH3 is 1. The van der Waals surface area contributed by atoms with Crippen LogP contribution in [0.3, 0.4) is 0 Å². The second-order valence-corrected chi connectivity index (χ2v) is 10.3. The van der Waals surface area contributed by atoms with Crippen molar-refractivity contribution in [3.8, 4) is 5.75 Å². The summed E-state index contributed by atoms with van der Waals surface area (Å²) in [5, 5.41) is 3.99. The highest BCUT2D eigenvalue weighted by atomic mass is 19.4. The number of alkyl halides is 3. The van der Waals surface area contributed by atoms with Gasteiger partial charge in [0.25, 0.3) is 0 Å². The molecule has 9 heteroatoms. The summed E-state index contributed by atoms with van der Waals surface area (Å²) >= 11 is 0.